The summed E-state index contributed by atoms with van der Waals surface area (Å²) in [5.74, 6) is -0.356. The van der Waals surface area contributed by atoms with E-state index in [-0.39, 0.29) is 23.3 Å². The van der Waals surface area contributed by atoms with E-state index in [0.29, 0.717) is 5.69 Å². The molecule has 4 N–H and O–H groups in total. The summed E-state index contributed by atoms with van der Waals surface area (Å²) in [5, 5.41) is 12.5. The molecule has 0 fully saturated rings. The number of hydrogen-bond acceptors (Lipinski definition) is 3. The van der Waals surface area contributed by atoms with E-state index in [4.69, 9.17) is 5.73 Å². The Morgan fingerprint density at radius 2 is 1.85 bits per heavy atom. The molecule has 1 amide bonds. The minimum Gasteiger partial charge on any atom is -0.507 e. The van der Waals surface area contributed by atoms with Crippen LogP contribution in [0.5, 0.6) is 5.75 Å². The standard InChI is InChI=1S/C16H18N2O2/c1-10-3-8-14(15(19)9-10)16(20)18-13-6-4-12(5-7-13)11(2)17/h3-9,11,19H,17H2,1-2H3,(H,18,20). The van der Waals surface area contributed by atoms with Gasteiger partial charge in [0.05, 0.1) is 5.56 Å². The molecule has 0 heterocycles. The molecule has 2 aromatic rings. The van der Waals surface area contributed by atoms with Gasteiger partial charge in [0, 0.05) is 11.7 Å². The molecule has 0 aromatic heterocycles. The smallest absolute Gasteiger partial charge is 0.259 e. The van der Waals surface area contributed by atoms with Crippen molar-refractivity contribution in [2.75, 3.05) is 5.32 Å². The van der Waals surface area contributed by atoms with Gasteiger partial charge < -0.3 is 16.2 Å². The highest BCUT2D eigenvalue weighted by Gasteiger charge is 2.11. The van der Waals surface area contributed by atoms with Crippen LogP contribution in [-0.4, -0.2) is 11.0 Å². The minimum absolute atomic E-state index is 0.0188. The normalized spacial score (nSPS) is 11.9. The second-order valence-corrected chi connectivity index (χ2v) is 4.89. The van der Waals surface area contributed by atoms with E-state index in [9.17, 15) is 9.90 Å². The van der Waals surface area contributed by atoms with E-state index in [1.54, 1.807) is 30.3 Å². The lowest BCUT2D eigenvalue weighted by molar-refractivity contribution is 0.102. The largest absolute Gasteiger partial charge is 0.507 e. The van der Waals surface area contributed by atoms with Gasteiger partial charge in [0.25, 0.3) is 5.91 Å². The molecule has 104 valence electrons. The van der Waals surface area contributed by atoms with Gasteiger partial charge in [0.1, 0.15) is 5.75 Å². The number of hydrogen-bond donors (Lipinski definition) is 3. The highest BCUT2D eigenvalue weighted by Crippen LogP contribution is 2.20. The van der Waals surface area contributed by atoms with E-state index >= 15 is 0 Å². The van der Waals surface area contributed by atoms with Crippen LogP contribution in [0.3, 0.4) is 0 Å². The van der Waals surface area contributed by atoms with Gasteiger partial charge >= 0.3 is 0 Å². The molecule has 0 aliphatic carbocycles. The van der Waals surface area contributed by atoms with E-state index in [2.05, 4.69) is 5.32 Å². The highest BCUT2D eigenvalue weighted by atomic mass is 16.3. The number of phenols is 1. The Bertz CT molecular complexity index is 619. The molecule has 4 nitrogen and oxygen atoms in total. The summed E-state index contributed by atoms with van der Waals surface area (Å²) in [6.45, 7) is 3.76. The summed E-state index contributed by atoms with van der Waals surface area (Å²) in [5.41, 5.74) is 8.60. The van der Waals surface area contributed by atoms with Crippen molar-refractivity contribution in [2.24, 2.45) is 5.73 Å². The van der Waals surface area contributed by atoms with Gasteiger partial charge in [-0.3, -0.25) is 4.79 Å². The van der Waals surface area contributed by atoms with Gasteiger partial charge in [-0.2, -0.15) is 0 Å². The van der Waals surface area contributed by atoms with Crippen molar-refractivity contribution in [1.29, 1.82) is 0 Å². The van der Waals surface area contributed by atoms with Gasteiger partial charge in [-0.25, -0.2) is 0 Å². The van der Waals surface area contributed by atoms with Crippen LogP contribution in [0.2, 0.25) is 0 Å². The molecule has 0 radical (unpaired) electrons. The Labute approximate surface area is 118 Å². The summed E-state index contributed by atoms with van der Waals surface area (Å²) in [6, 6.07) is 12.2. The summed E-state index contributed by atoms with van der Waals surface area (Å²) < 4.78 is 0. The highest BCUT2D eigenvalue weighted by molar-refractivity contribution is 6.06. The van der Waals surface area contributed by atoms with Gasteiger partial charge in [-0.05, 0) is 49.2 Å². The fourth-order valence-corrected chi connectivity index (χ4v) is 1.90. The predicted molar refractivity (Wildman–Crippen MR) is 79.8 cm³/mol. The average molecular weight is 270 g/mol. The van der Waals surface area contributed by atoms with Crippen LogP contribution in [0.25, 0.3) is 0 Å². The predicted octanol–water partition coefficient (Wildman–Crippen LogP) is 2.97. The summed E-state index contributed by atoms with van der Waals surface area (Å²) >= 11 is 0. The molecule has 1 unspecified atom stereocenters. The number of nitrogens with one attached hydrogen (secondary N) is 1. The maximum absolute atomic E-state index is 12.1. The van der Waals surface area contributed by atoms with Crippen molar-refractivity contribution in [1.82, 2.24) is 0 Å². The number of aromatic hydroxyl groups is 1. The first-order chi connectivity index (χ1) is 9.47. The molecule has 0 bridgehead atoms. The van der Waals surface area contributed by atoms with Gasteiger partial charge in [0.2, 0.25) is 0 Å². The Morgan fingerprint density at radius 3 is 2.40 bits per heavy atom. The topological polar surface area (TPSA) is 75.4 Å². The molecular weight excluding hydrogens is 252 g/mol. The first-order valence-corrected chi connectivity index (χ1v) is 6.44. The van der Waals surface area contributed by atoms with Gasteiger partial charge in [0.15, 0.2) is 0 Å². The monoisotopic (exact) mass is 270 g/mol. The van der Waals surface area contributed by atoms with Crippen LogP contribution in [0.15, 0.2) is 42.5 Å². The average Bonchev–Trinajstić information content (AvgIpc) is 2.39. The Balaban J connectivity index is 2.15. The summed E-state index contributed by atoms with van der Waals surface area (Å²) in [6.07, 6.45) is 0. The van der Waals surface area contributed by atoms with E-state index in [0.717, 1.165) is 11.1 Å². The van der Waals surface area contributed by atoms with Crippen molar-refractivity contribution in [2.45, 2.75) is 19.9 Å². The van der Waals surface area contributed by atoms with E-state index in [1.165, 1.54) is 0 Å². The lowest BCUT2D eigenvalue weighted by Gasteiger charge is -2.09. The maximum Gasteiger partial charge on any atom is 0.259 e. The van der Waals surface area contributed by atoms with E-state index < -0.39 is 0 Å². The molecule has 20 heavy (non-hydrogen) atoms. The number of phenolic OH excluding ortho intramolecular Hbond substituents is 1. The number of carbonyl (C=O) groups excluding carboxylic acids is 1. The molecule has 0 saturated carbocycles. The first-order valence-electron chi connectivity index (χ1n) is 6.44. The lowest BCUT2D eigenvalue weighted by atomic mass is 10.1. The van der Waals surface area contributed by atoms with Crippen LogP contribution in [0.4, 0.5) is 5.69 Å². The molecule has 0 aliphatic heterocycles. The van der Waals surface area contributed by atoms with Crippen LogP contribution in [-0.2, 0) is 0 Å². The summed E-state index contributed by atoms with van der Waals surface area (Å²) in [4.78, 5) is 12.1. The third-order valence-corrected chi connectivity index (χ3v) is 3.09. The number of anilines is 1. The number of nitrogens with two attached hydrogens (primary N) is 1. The molecule has 0 saturated heterocycles. The number of rotatable bonds is 3. The third kappa shape index (κ3) is 3.16. The van der Waals surface area contributed by atoms with Crippen molar-refractivity contribution in [3.8, 4) is 5.75 Å². The fourth-order valence-electron chi connectivity index (χ4n) is 1.90. The molecule has 4 heteroatoms. The number of benzene rings is 2. The molecule has 2 aromatic carbocycles. The van der Waals surface area contributed by atoms with Crippen molar-refractivity contribution < 1.29 is 9.90 Å². The number of amides is 1. The zero-order chi connectivity index (χ0) is 14.7. The molecule has 0 aliphatic rings. The zero-order valence-electron chi connectivity index (χ0n) is 11.6. The Morgan fingerprint density at radius 1 is 1.20 bits per heavy atom. The molecule has 2 rings (SSSR count). The van der Waals surface area contributed by atoms with Crippen LogP contribution < -0.4 is 11.1 Å². The molecule has 1 atom stereocenters. The second kappa shape index (κ2) is 5.75. The Kier molecular flexibility index (Phi) is 4.05. The zero-order valence-corrected chi connectivity index (χ0v) is 11.6. The van der Waals surface area contributed by atoms with Crippen molar-refractivity contribution >= 4 is 11.6 Å². The van der Waals surface area contributed by atoms with Crippen LogP contribution in [0, 0.1) is 6.92 Å². The number of carbonyl (C=O) groups is 1. The van der Waals surface area contributed by atoms with Crippen LogP contribution >= 0.6 is 0 Å². The quantitative estimate of drug-likeness (QED) is 0.802. The number of aryl methyl sites for hydroxylation is 1. The molecule has 0 spiro atoms. The summed E-state index contributed by atoms with van der Waals surface area (Å²) in [7, 11) is 0. The lowest BCUT2D eigenvalue weighted by Crippen LogP contribution is -2.12. The van der Waals surface area contributed by atoms with E-state index in [1.807, 2.05) is 26.0 Å². The SMILES string of the molecule is Cc1ccc(C(=O)Nc2ccc(C(C)N)cc2)c(O)c1. The Hall–Kier alpha value is -2.33. The minimum atomic E-state index is -0.337. The van der Waals surface area contributed by atoms with Crippen molar-refractivity contribution in [3.05, 3.63) is 59.2 Å². The van der Waals surface area contributed by atoms with Gasteiger partial charge in [-0.1, -0.05) is 18.2 Å². The third-order valence-electron chi connectivity index (χ3n) is 3.09. The fraction of sp³-hybridized carbons (Fsp3) is 0.188. The van der Waals surface area contributed by atoms with Gasteiger partial charge in [-0.15, -0.1) is 0 Å². The first kappa shape index (κ1) is 14.1. The maximum atomic E-state index is 12.1. The molecular formula is C16H18N2O2. The van der Waals surface area contributed by atoms with Crippen LogP contribution in [0.1, 0.15) is 34.5 Å². The van der Waals surface area contributed by atoms with Crippen molar-refractivity contribution in [3.63, 3.8) is 0 Å². The second-order valence-electron chi connectivity index (χ2n) is 4.89.